The van der Waals surface area contributed by atoms with E-state index in [0.29, 0.717) is 16.8 Å². The fraction of sp³-hybridized carbons (Fsp3) is 0.250. The van der Waals surface area contributed by atoms with Crippen molar-refractivity contribution in [2.75, 3.05) is 6.61 Å². The van der Waals surface area contributed by atoms with Crippen LogP contribution in [0.5, 0.6) is 0 Å². The van der Waals surface area contributed by atoms with Crippen LogP contribution in [-0.4, -0.2) is 34.1 Å². The Bertz CT molecular complexity index is 843. The Kier molecular flexibility index (Phi) is 5.41. The van der Waals surface area contributed by atoms with Crippen molar-refractivity contribution in [3.63, 3.8) is 0 Å². The standard InChI is InChI=1S/C16H14Cl2N2O4/c1-7-13(9(3)21)8(2)19-14(7)11(22)6-24-16(23)15-10(17)4-5-12(18)20-15/h4-5,19H,6H2,1-3H3. The molecule has 0 fully saturated rings. The number of pyridine rings is 1. The first-order valence-corrected chi connectivity index (χ1v) is 7.70. The molecule has 0 saturated carbocycles. The highest BCUT2D eigenvalue weighted by Gasteiger charge is 2.22. The van der Waals surface area contributed by atoms with Crippen LogP contribution in [0.1, 0.15) is 49.5 Å². The zero-order valence-electron chi connectivity index (χ0n) is 13.2. The smallest absolute Gasteiger partial charge is 0.359 e. The molecule has 2 rings (SSSR count). The maximum absolute atomic E-state index is 12.2. The van der Waals surface area contributed by atoms with Gasteiger partial charge in [0.2, 0.25) is 5.78 Å². The van der Waals surface area contributed by atoms with Crippen LogP contribution in [0.3, 0.4) is 0 Å². The van der Waals surface area contributed by atoms with Gasteiger partial charge in [-0.05, 0) is 38.5 Å². The summed E-state index contributed by atoms with van der Waals surface area (Å²) < 4.78 is 4.95. The molecular weight excluding hydrogens is 355 g/mol. The van der Waals surface area contributed by atoms with E-state index in [-0.39, 0.29) is 27.3 Å². The lowest BCUT2D eigenvalue weighted by Crippen LogP contribution is -2.16. The van der Waals surface area contributed by atoms with Crippen LogP contribution < -0.4 is 0 Å². The monoisotopic (exact) mass is 368 g/mol. The third-order valence-electron chi connectivity index (χ3n) is 3.41. The molecule has 0 amide bonds. The topological polar surface area (TPSA) is 89.1 Å². The molecule has 1 N–H and O–H groups in total. The van der Waals surface area contributed by atoms with Crippen molar-refractivity contribution in [1.29, 1.82) is 0 Å². The number of nitrogens with zero attached hydrogens (tertiary/aromatic N) is 1. The van der Waals surface area contributed by atoms with E-state index in [2.05, 4.69) is 9.97 Å². The molecule has 126 valence electrons. The average Bonchev–Trinajstić information content (AvgIpc) is 2.81. The summed E-state index contributed by atoms with van der Waals surface area (Å²) in [5.74, 6) is -1.47. The van der Waals surface area contributed by atoms with Crippen molar-refractivity contribution in [2.45, 2.75) is 20.8 Å². The fourth-order valence-electron chi connectivity index (χ4n) is 2.39. The molecule has 0 bridgehead atoms. The van der Waals surface area contributed by atoms with Crippen LogP contribution in [0.15, 0.2) is 12.1 Å². The lowest BCUT2D eigenvalue weighted by Gasteiger charge is -2.05. The van der Waals surface area contributed by atoms with Crippen molar-refractivity contribution in [2.24, 2.45) is 0 Å². The number of nitrogens with one attached hydrogen (secondary N) is 1. The lowest BCUT2D eigenvalue weighted by molar-refractivity contribution is 0.0467. The minimum absolute atomic E-state index is 0.0719. The molecule has 0 atom stereocenters. The second-order valence-electron chi connectivity index (χ2n) is 5.14. The molecule has 0 unspecified atom stereocenters. The number of carbonyl (C=O) groups is 3. The van der Waals surface area contributed by atoms with Gasteiger partial charge in [-0.15, -0.1) is 0 Å². The van der Waals surface area contributed by atoms with Crippen LogP contribution in [0.4, 0.5) is 0 Å². The number of ether oxygens (including phenoxy) is 1. The molecule has 6 nitrogen and oxygen atoms in total. The van der Waals surface area contributed by atoms with Crippen LogP contribution in [0.25, 0.3) is 0 Å². The molecule has 0 spiro atoms. The van der Waals surface area contributed by atoms with E-state index in [1.807, 2.05) is 0 Å². The molecule has 2 aromatic rings. The van der Waals surface area contributed by atoms with Gasteiger partial charge in [-0.2, -0.15) is 0 Å². The van der Waals surface area contributed by atoms with E-state index in [0.717, 1.165) is 0 Å². The Morgan fingerprint density at radius 1 is 1.21 bits per heavy atom. The van der Waals surface area contributed by atoms with Crippen molar-refractivity contribution in [3.05, 3.63) is 50.5 Å². The van der Waals surface area contributed by atoms with Crippen LogP contribution in [0.2, 0.25) is 10.2 Å². The molecular formula is C16H14Cl2N2O4. The van der Waals surface area contributed by atoms with E-state index < -0.39 is 18.4 Å². The number of hydrogen-bond acceptors (Lipinski definition) is 5. The Morgan fingerprint density at radius 3 is 2.46 bits per heavy atom. The maximum atomic E-state index is 12.2. The van der Waals surface area contributed by atoms with Gasteiger partial charge in [0.15, 0.2) is 18.1 Å². The number of rotatable bonds is 5. The summed E-state index contributed by atoms with van der Waals surface area (Å²) in [5.41, 5.74) is 1.65. The number of aromatic nitrogens is 2. The van der Waals surface area contributed by atoms with Gasteiger partial charge in [-0.25, -0.2) is 9.78 Å². The highest BCUT2D eigenvalue weighted by Crippen LogP contribution is 2.20. The summed E-state index contributed by atoms with van der Waals surface area (Å²) in [6.45, 7) is 4.26. The van der Waals surface area contributed by atoms with Gasteiger partial charge in [0.05, 0.1) is 10.7 Å². The van der Waals surface area contributed by atoms with Gasteiger partial charge < -0.3 is 9.72 Å². The van der Waals surface area contributed by atoms with Gasteiger partial charge in [0, 0.05) is 11.3 Å². The van der Waals surface area contributed by atoms with Gasteiger partial charge >= 0.3 is 5.97 Å². The van der Waals surface area contributed by atoms with Gasteiger partial charge in [0.1, 0.15) is 5.15 Å². The van der Waals surface area contributed by atoms with Gasteiger partial charge in [-0.1, -0.05) is 23.2 Å². The van der Waals surface area contributed by atoms with Crippen LogP contribution in [-0.2, 0) is 4.74 Å². The van der Waals surface area contributed by atoms with Crippen molar-refractivity contribution in [1.82, 2.24) is 9.97 Å². The quantitative estimate of drug-likeness (QED) is 0.494. The Balaban J connectivity index is 2.14. The number of ketones is 2. The Morgan fingerprint density at radius 2 is 1.88 bits per heavy atom. The van der Waals surface area contributed by atoms with E-state index >= 15 is 0 Å². The maximum Gasteiger partial charge on any atom is 0.359 e. The molecule has 0 saturated heterocycles. The first-order valence-electron chi connectivity index (χ1n) is 6.94. The highest BCUT2D eigenvalue weighted by atomic mass is 35.5. The zero-order valence-corrected chi connectivity index (χ0v) is 14.7. The van der Waals surface area contributed by atoms with Gasteiger partial charge in [0.25, 0.3) is 0 Å². The summed E-state index contributed by atoms with van der Waals surface area (Å²) >= 11 is 11.6. The predicted molar refractivity (Wildman–Crippen MR) is 89.1 cm³/mol. The number of esters is 1. The Labute approximate surface area is 148 Å². The fourth-order valence-corrected chi connectivity index (χ4v) is 2.72. The van der Waals surface area contributed by atoms with Crippen molar-refractivity contribution < 1.29 is 19.1 Å². The molecule has 0 aromatic carbocycles. The van der Waals surface area contributed by atoms with Crippen molar-refractivity contribution in [3.8, 4) is 0 Å². The molecule has 8 heteroatoms. The summed E-state index contributed by atoms with van der Waals surface area (Å²) in [6, 6.07) is 2.84. The molecule has 0 aliphatic carbocycles. The number of aryl methyl sites for hydroxylation is 1. The average molecular weight is 369 g/mol. The number of halogens is 2. The number of hydrogen-bond donors (Lipinski definition) is 1. The second-order valence-corrected chi connectivity index (χ2v) is 5.94. The third-order valence-corrected chi connectivity index (χ3v) is 3.92. The van der Waals surface area contributed by atoms with Crippen molar-refractivity contribution >= 4 is 40.7 Å². The molecule has 24 heavy (non-hydrogen) atoms. The number of Topliss-reactive ketones (excluding diaryl/α,β-unsaturated/α-hetero) is 2. The molecule has 2 aromatic heterocycles. The van der Waals surface area contributed by atoms with Gasteiger partial charge in [-0.3, -0.25) is 9.59 Å². The molecule has 2 heterocycles. The predicted octanol–water partition coefficient (Wildman–Crippen LogP) is 3.58. The summed E-state index contributed by atoms with van der Waals surface area (Å²) in [6.07, 6.45) is 0. The van der Waals surface area contributed by atoms with E-state index in [9.17, 15) is 14.4 Å². The zero-order chi connectivity index (χ0) is 18.0. The van der Waals surface area contributed by atoms with E-state index in [1.165, 1.54) is 19.1 Å². The van der Waals surface area contributed by atoms with E-state index in [1.54, 1.807) is 13.8 Å². The number of aromatic amines is 1. The highest BCUT2D eigenvalue weighted by molar-refractivity contribution is 6.34. The minimum Gasteiger partial charge on any atom is -0.452 e. The number of H-pyrrole nitrogens is 1. The Hall–Kier alpha value is -2.18. The summed E-state index contributed by atoms with van der Waals surface area (Å²) in [7, 11) is 0. The SMILES string of the molecule is CC(=O)c1c(C)[nH]c(C(=O)COC(=O)c2nc(Cl)ccc2Cl)c1C. The third kappa shape index (κ3) is 3.66. The second kappa shape index (κ2) is 7.15. The summed E-state index contributed by atoms with van der Waals surface area (Å²) in [4.78, 5) is 42.4. The molecule has 0 aliphatic rings. The first-order chi connectivity index (χ1) is 11.2. The lowest BCUT2D eigenvalue weighted by atomic mass is 10.1. The van der Waals surface area contributed by atoms with Crippen LogP contribution >= 0.6 is 23.2 Å². The molecule has 0 aliphatic heterocycles. The normalized spacial score (nSPS) is 10.5. The first kappa shape index (κ1) is 18.2. The number of carbonyl (C=O) groups excluding carboxylic acids is 3. The largest absolute Gasteiger partial charge is 0.452 e. The van der Waals surface area contributed by atoms with Crippen LogP contribution in [0, 0.1) is 13.8 Å². The molecule has 0 radical (unpaired) electrons. The minimum atomic E-state index is -0.858. The summed E-state index contributed by atoms with van der Waals surface area (Å²) in [5, 5.41) is 0.155. The van der Waals surface area contributed by atoms with E-state index in [4.69, 9.17) is 27.9 Å².